The van der Waals surface area contributed by atoms with Crippen LogP contribution in [0.1, 0.15) is 16.7 Å². The second-order valence-electron chi connectivity index (χ2n) is 6.33. The minimum absolute atomic E-state index is 0.0407. The minimum atomic E-state index is -0.462. The Morgan fingerprint density at radius 3 is 2.67 bits per heavy atom. The van der Waals surface area contributed by atoms with E-state index in [0.29, 0.717) is 32.1 Å². The molecule has 3 aromatic rings. The summed E-state index contributed by atoms with van der Waals surface area (Å²) in [6, 6.07) is 16.7. The summed E-state index contributed by atoms with van der Waals surface area (Å²) >= 11 is 9.70. The van der Waals surface area contributed by atoms with Crippen molar-refractivity contribution in [2.24, 2.45) is 5.10 Å². The lowest BCUT2D eigenvalue weighted by molar-refractivity contribution is 0.252. The van der Waals surface area contributed by atoms with Gasteiger partial charge in [-0.15, -0.1) is 0 Å². The molecule has 0 aliphatic rings. The molecule has 3 aromatic carbocycles. The van der Waals surface area contributed by atoms with Crippen LogP contribution in [-0.4, -0.2) is 12.2 Å². The predicted molar refractivity (Wildman–Crippen MR) is 121 cm³/mol. The molecule has 0 saturated carbocycles. The molecule has 3 rings (SSSR count). The summed E-state index contributed by atoms with van der Waals surface area (Å²) in [6.45, 7) is 1.94. The minimum Gasteiger partial charge on any atom is -0.486 e. The first-order valence-electron chi connectivity index (χ1n) is 8.95. The average molecular weight is 491 g/mol. The van der Waals surface area contributed by atoms with Gasteiger partial charge in [0.05, 0.1) is 15.7 Å². The van der Waals surface area contributed by atoms with Gasteiger partial charge in [0.15, 0.2) is 5.75 Å². The Hall–Kier alpha value is -2.90. The molecule has 0 unspecified atom stereocenters. The molecule has 0 saturated heterocycles. The second kappa shape index (κ2) is 10.2. The first-order chi connectivity index (χ1) is 14.4. The van der Waals surface area contributed by atoms with E-state index >= 15 is 0 Å². The standard InChI is InChI=1S/C22H18BrClFN3O2/c1-14-6-2-5-9-20(14)27-22(29)28-26-12-15-10-17(23)21(18(24)11-15)30-13-16-7-3-4-8-19(16)25/h2-12H,13H2,1H3,(H2,27,28,29). The van der Waals surface area contributed by atoms with E-state index in [0.717, 1.165) is 5.56 Å². The van der Waals surface area contributed by atoms with Crippen molar-refractivity contribution in [2.45, 2.75) is 13.5 Å². The van der Waals surface area contributed by atoms with Crippen molar-refractivity contribution in [3.05, 3.63) is 92.7 Å². The molecule has 0 bridgehead atoms. The zero-order valence-electron chi connectivity index (χ0n) is 16.0. The smallest absolute Gasteiger partial charge is 0.339 e. The normalized spacial score (nSPS) is 10.8. The molecular weight excluding hydrogens is 473 g/mol. The molecule has 0 spiro atoms. The number of nitrogens with zero attached hydrogens (tertiary/aromatic N) is 1. The number of carbonyl (C=O) groups is 1. The lowest BCUT2D eigenvalue weighted by Crippen LogP contribution is -2.24. The molecule has 8 heteroatoms. The molecule has 30 heavy (non-hydrogen) atoms. The summed E-state index contributed by atoms with van der Waals surface area (Å²) in [7, 11) is 0. The van der Waals surface area contributed by atoms with Gasteiger partial charge in [-0.05, 0) is 58.2 Å². The van der Waals surface area contributed by atoms with Gasteiger partial charge in [0.2, 0.25) is 0 Å². The van der Waals surface area contributed by atoms with Crippen LogP contribution >= 0.6 is 27.5 Å². The lowest BCUT2D eigenvalue weighted by atomic mass is 10.2. The summed E-state index contributed by atoms with van der Waals surface area (Å²) in [5.74, 6) is 0.0471. The second-order valence-corrected chi connectivity index (χ2v) is 7.59. The van der Waals surface area contributed by atoms with E-state index in [1.54, 1.807) is 36.4 Å². The maximum atomic E-state index is 13.7. The van der Waals surface area contributed by atoms with Crippen LogP contribution < -0.4 is 15.5 Å². The van der Waals surface area contributed by atoms with Gasteiger partial charge < -0.3 is 10.1 Å². The maximum Gasteiger partial charge on any atom is 0.339 e. The van der Waals surface area contributed by atoms with Crippen molar-refractivity contribution in [1.29, 1.82) is 0 Å². The first-order valence-corrected chi connectivity index (χ1v) is 10.1. The van der Waals surface area contributed by atoms with Crippen LogP contribution in [-0.2, 0) is 6.61 Å². The van der Waals surface area contributed by atoms with Crippen molar-refractivity contribution in [3.63, 3.8) is 0 Å². The van der Waals surface area contributed by atoms with Crippen LogP contribution in [0, 0.1) is 12.7 Å². The Labute approximate surface area is 187 Å². The van der Waals surface area contributed by atoms with Crippen LogP contribution in [0.3, 0.4) is 0 Å². The highest BCUT2D eigenvalue weighted by Gasteiger charge is 2.11. The molecule has 2 amide bonds. The van der Waals surface area contributed by atoms with Crippen molar-refractivity contribution in [2.75, 3.05) is 5.32 Å². The quantitative estimate of drug-likeness (QED) is 0.315. The van der Waals surface area contributed by atoms with Gasteiger partial charge in [-0.25, -0.2) is 14.6 Å². The number of aryl methyl sites for hydroxylation is 1. The van der Waals surface area contributed by atoms with E-state index in [4.69, 9.17) is 16.3 Å². The number of hydrogen-bond donors (Lipinski definition) is 2. The highest BCUT2D eigenvalue weighted by molar-refractivity contribution is 9.10. The van der Waals surface area contributed by atoms with E-state index < -0.39 is 6.03 Å². The van der Waals surface area contributed by atoms with Gasteiger partial charge in [-0.1, -0.05) is 48.0 Å². The largest absolute Gasteiger partial charge is 0.486 e. The Morgan fingerprint density at radius 2 is 1.93 bits per heavy atom. The van der Waals surface area contributed by atoms with Crippen LogP contribution in [0.4, 0.5) is 14.9 Å². The van der Waals surface area contributed by atoms with Crippen LogP contribution in [0.2, 0.25) is 5.02 Å². The van der Waals surface area contributed by atoms with Crippen LogP contribution in [0.25, 0.3) is 0 Å². The number of urea groups is 1. The van der Waals surface area contributed by atoms with E-state index in [1.807, 2.05) is 25.1 Å². The van der Waals surface area contributed by atoms with Crippen molar-refractivity contribution in [3.8, 4) is 5.75 Å². The summed E-state index contributed by atoms with van der Waals surface area (Å²) in [5.41, 5.74) is 5.11. The fraction of sp³-hybridized carbons (Fsp3) is 0.0909. The number of carbonyl (C=O) groups excluding carboxylic acids is 1. The summed E-state index contributed by atoms with van der Waals surface area (Å²) in [4.78, 5) is 12.0. The number of rotatable bonds is 6. The third kappa shape index (κ3) is 5.81. The van der Waals surface area contributed by atoms with Gasteiger partial charge in [-0.2, -0.15) is 5.10 Å². The van der Waals surface area contributed by atoms with Gasteiger partial charge in [0.25, 0.3) is 0 Å². The molecule has 0 heterocycles. The van der Waals surface area contributed by atoms with Gasteiger partial charge in [0.1, 0.15) is 12.4 Å². The highest BCUT2D eigenvalue weighted by atomic mass is 79.9. The van der Waals surface area contributed by atoms with Crippen molar-refractivity contribution in [1.82, 2.24) is 5.43 Å². The number of amides is 2. The van der Waals surface area contributed by atoms with Crippen LogP contribution in [0.5, 0.6) is 5.75 Å². The zero-order chi connectivity index (χ0) is 21.5. The summed E-state index contributed by atoms with van der Waals surface area (Å²) in [6.07, 6.45) is 1.45. The Kier molecular flexibility index (Phi) is 7.43. The molecular formula is C22H18BrClFN3O2. The Balaban J connectivity index is 1.61. The summed E-state index contributed by atoms with van der Waals surface area (Å²) < 4.78 is 20.0. The van der Waals surface area contributed by atoms with Crippen molar-refractivity contribution < 1.29 is 13.9 Å². The molecule has 0 fully saturated rings. The number of anilines is 1. The molecule has 2 N–H and O–H groups in total. The van der Waals surface area contributed by atoms with Crippen LogP contribution in [0.15, 0.2) is 70.2 Å². The number of para-hydroxylation sites is 1. The molecule has 5 nitrogen and oxygen atoms in total. The SMILES string of the molecule is Cc1ccccc1NC(=O)NN=Cc1cc(Cl)c(OCc2ccccc2F)c(Br)c1. The van der Waals surface area contributed by atoms with E-state index in [-0.39, 0.29) is 12.4 Å². The first kappa shape index (κ1) is 21.8. The topological polar surface area (TPSA) is 62.7 Å². The number of hydrogen-bond acceptors (Lipinski definition) is 3. The Morgan fingerprint density at radius 1 is 1.20 bits per heavy atom. The molecule has 0 atom stereocenters. The molecule has 0 aliphatic carbocycles. The fourth-order valence-corrected chi connectivity index (χ4v) is 3.57. The third-order valence-electron chi connectivity index (χ3n) is 4.12. The Bertz CT molecular complexity index is 1070. The zero-order valence-corrected chi connectivity index (χ0v) is 18.3. The summed E-state index contributed by atoms with van der Waals surface area (Å²) in [5, 5.41) is 6.97. The van der Waals surface area contributed by atoms with E-state index in [9.17, 15) is 9.18 Å². The number of hydrazone groups is 1. The monoisotopic (exact) mass is 489 g/mol. The highest BCUT2D eigenvalue weighted by Crippen LogP contribution is 2.34. The van der Waals surface area contributed by atoms with Gasteiger partial charge in [-0.3, -0.25) is 0 Å². The van der Waals surface area contributed by atoms with Gasteiger partial charge >= 0.3 is 6.03 Å². The van der Waals surface area contributed by atoms with Crippen molar-refractivity contribution >= 4 is 45.5 Å². The van der Waals surface area contributed by atoms with Gasteiger partial charge in [0, 0.05) is 11.3 Å². The molecule has 0 radical (unpaired) electrons. The average Bonchev–Trinajstić information content (AvgIpc) is 2.70. The number of ether oxygens (including phenoxy) is 1. The van der Waals surface area contributed by atoms with E-state index in [1.165, 1.54) is 12.3 Å². The number of halogens is 3. The lowest BCUT2D eigenvalue weighted by Gasteiger charge is -2.11. The molecule has 0 aromatic heterocycles. The predicted octanol–water partition coefficient (Wildman–Crippen LogP) is 6.28. The fourth-order valence-electron chi connectivity index (χ4n) is 2.59. The third-order valence-corrected chi connectivity index (χ3v) is 4.99. The number of nitrogens with one attached hydrogen (secondary N) is 2. The number of benzene rings is 3. The van der Waals surface area contributed by atoms with E-state index in [2.05, 4.69) is 31.8 Å². The maximum absolute atomic E-state index is 13.7. The molecule has 154 valence electrons. The molecule has 0 aliphatic heterocycles.